The zero-order valence-corrected chi connectivity index (χ0v) is 11.8. The molecule has 0 aromatic heterocycles. The van der Waals surface area contributed by atoms with Crippen LogP contribution in [0.4, 0.5) is 5.69 Å². The van der Waals surface area contributed by atoms with Crippen molar-refractivity contribution in [2.45, 2.75) is 13.3 Å². The fourth-order valence-corrected chi connectivity index (χ4v) is 1.84. The molecule has 0 bridgehead atoms. The van der Waals surface area contributed by atoms with Gasteiger partial charge in [-0.25, -0.2) is 0 Å². The Labute approximate surface area is 123 Å². The van der Waals surface area contributed by atoms with E-state index >= 15 is 0 Å². The minimum atomic E-state index is -0.437. The van der Waals surface area contributed by atoms with E-state index in [2.05, 4.69) is 13.0 Å². The van der Waals surface area contributed by atoms with Gasteiger partial charge in [0.2, 0.25) is 0 Å². The Balaban J connectivity index is 1.77. The molecule has 21 heavy (non-hydrogen) atoms. The van der Waals surface area contributed by atoms with E-state index < -0.39 is 4.92 Å². The molecule has 5 nitrogen and oxygen atoms in total. The minimum absolute atomic E-state index is 0.0509. The Morgan fingerprint density at radius 3 is 2.29 bits per heavy atom. The smallest absolute Gasteiger partial charge is 0.269 e. The Kier molecular flexibility index (Phi) is 5.15. The highest BCUT2D eigenvalue weighted by atomic mass is 16.6. The molecule has 0 aliphatic heterocycles. The van der Waals surface area contributed by atoms with Crippen molar-refractivity contribution >= 4 is 5.69 Å². The van der Waals surface area contributed by atoms with Gasteiger partial charge in [-0.3, -0.25) is 10.1 Å². The predicted molar refractivity (Wildman–Crippen MR) is 79.9 cm³/mol. The van der Waals surface area contributed by atoms with Gasteiger partial charge in [-0.05, 0) is 36.2 Å². The van der Waals surface area contributed by atoms with Gasteiger partial charge in [-0.1, -0.05) is 19.1 Å². The van der Waals surface area contributed by atoms with Gasteiger partial charge in [0, 0.05) is 12.1 Å². The summed E-state index contributed by atoms with van der Waals surface area (Å²) in [6.07, 6.45) is 0.969. The van der Waals surface area contributed by atoms with E-state index in [1.165, 1.54) is 17.7 Å². The first-order valence-electron chi connectivity index (χ1n) is 6.78. The summed E-state index contributed by atoms with van der Waals surface area (Å²) in [5.74, 6) is 1.41. The second kappa shape index (κ2) is 7.28. The summed E-state index contributed by atoms with van der Waals surface area (Å²) in [6.45, 7) is 2.90. The molecule has 2 aromatic rings. The molecule has 0 heterocycles. The molecule has 2 rings (SSSR count). The average Bonchev–Trinajstić information content (AvgIpc) is 2.52. The first-order chi connectivity index (χ1) is 10.2. The number of ether oxygens (including phenoxy) is 2. The van der Waals surface area contributed by atoms with Gasteiger partial charge in [0.05, 0.1) is 4.92 Å². The minimum Gasteiger partial charge on any atom is -0.490 e. The first kappa shape index (κ1) is 14.8. The topological polar surface area (TPSA) is 61.6 Å². The normalized spacial score (nSPS) is 10.1. The van der Waals surface area contributed by atoms with Crippen LogP contribution in [0.3, 0.4) is 0 Å². The molecule has 110 valence electrons. The number of nitro groups is 1. The maximum atomic E-state index is 10.5. The summed E-state index contributed by atoms with van der Waals surface area (Å²) >= 11 is 0. The summed E-state index contributed by atoms with van der Waals surface area (Å²) in [5, 5.41) is 10.5. The lowest BCUT2D eigenvalue weighted by atomic mass is 10.2. The van der Waals surface area contributed by atoms with E-state index in [0.29, 0.717) is 19.0 Å². The lowest BCUT2D eigenvalue weighted by Gasteiger charge is -2.09. The number of non-ortho nitro benzene ring substituents is 1. The van der Waals surface area contributed by atoms with Crippen LogP contribution in [0.1, 0.15) is 12.5 Å². The van der Waals surface area contributed by atoms with Crippen molar-refractivity contribution in [2.75, 3.05) is 13.2 Å². The fraction of sp³-hybridized carbons (Fsp3) is 0.250. The number of nitrogens with zero attached hydrogens (tertiary/aromatic N) is 1. The van der Waals surface area contributed by atoms with Gasteiger partial charge in [0.1, 0.15) is 24.7 Å². The van der Waals surface area contributed by atoms with Crippen LogP contribution in [0, 0.1) is 10.1 Å². The molecule has 0 aliphatic rings. The zero-order chi connectivity index (χ0) is 15.1. The summed E-state index contributed by atoms with van der Waals surface area (Å²) in [6, 6.07) is 13.9. The number of hydrogen-bond donors (Lipinski definition) is 0. The van der Waals surface area contributed by atoms with Crippen LogP contribution in [0.5, 0.6) is 11.5 Å². The fourth-order valence-electron chi connectivity index (χ4n) is 1.84. The Morgan fingerprint density at radius 1 is 1.00 bits per heavy atom. The van der Waals surface area contributed by atoms with Crippen molar-refractivity contribution in [1.29, 1.82) is 0 Å². The molecule has 0 N–H and O–H groups in total. The molecule has 0 fully saturated rings. The molecule has 0 aliphatic carbocycles. The summed E-state index contributed by atoms with van der Waals surface area (Å²) in [5.41, 5.74) is 1.28. The molecule has 0 amide bonds. The molecule has 0 spiro atoms. The third-order valence-corrected chi connectivity index (χ3v) is 2.98. The lowest BCUT2D eigenvalue weighted by molar-refractivity contribution is -0.384. The molecule has 0 atom stereocenters. The number of aryl methyl sites for hydroxylation is 1. The van der Waals surface area contributed by atoms with Crippen molar-refractivity contribution in [3.63, 3.8) is 0 Å². The standard InChI is InChI=1S/C16H17NO4/c1-2-13-4-3-5-16(12-13)21-11-10-20-15-8-6-14(7-9-15)17(18)19/h3-9,12H,2,10-11H2,1H3. The third-order valence-electron chi connectivity index (χ3n) is 2.98. The molecule has 0 saturated heterocycles. The van der Waals surface area contributed by atoms with Gasteiger partial charge in [0.15, 0.2) is 0 Å². The van der Waals surface area contributed by atoms with E-state index in [4.69, 9.17) is 9.47 Å². The maximum Gasteiger partial charge on any atom is 0.269 e. The van der Waals surface area contributed by atoms with E-state index in [9.17, 15) is 10.1 Å². The van der Waals surface area contributed by atoms with Gasteiger partial charge in [0.25, 0.3) is 5.69 Å². The van der Waals surface area contributed by atoms with Crippen molar-refractivity contribution in [1.82, 2.24) is 0 Å². The molecular weight excluding hydrogens is 270 g/mol. The van der Waals surface area contributed by atoms with Crippen molar-refractivity contribution in [3.05, 3.63) is 64.2 Å². The second-order valence-electron chi connectivity index (χ2n) is 4.45. The number of benzene rings is 2. The van der Waals surface area contributed by atoms with Gasteiger partial charge >= 0.3 is 0 Å². The quantitative estimate of drug-likeness (QED) is 0.443. The highest BCUT2D eigenvalue weighted by molar-refractivity contribution is 5.36. The van der Waals surface area contributed by atoms with Crippen LogP contribution < -0.4 is 9.47 Å². The third kappa shape index (κ3) is 4.49. The van der Waals surface area contributed by atoms with Crippen molar-refractivity contribution in [2.24, 2.45) is 0 Å². The number of nitro benzene ring substituents is 1. The van der Waals surface area contributed by atoms with Crippen molar-refractivity contribution < 1.29 is 14.4 Å². The van der Waals surface area contributed by atoms with Crippen LogP contribution in [0.25, 0.3) is 0 Å². The average molecular weight is 287 g/mol. The van der Waals surface area contributed by atoms with Crippen molar-refractivity contribution in [3.8, 4) is 11.5 Å². The molecule has 0 radical (unpaired) electrons. The van der Waals surface area contributed by atoms with E-state index in [0.717, 1.165) is 12.2 Å². The second-order valence-corrected chi connectivity index (χ2v) is 4.45. The highest BCUT2D eigenvalue weighted by Crippen LogP contribution is 2.17. The predicted octanol–water partition coefficient (Wildman–Crippen LogP) is 3.62. The van der Waals surface area contributed by atoms with E-state index in [1.54, 1.807) is 12.1 Å². The molecular formula is C16H17NO4. The largest absolute Gasteiger partial charge is 0.490 e. The molecule has 2 aromatic carbocycles. The van der Waals surface area contributed by atoms with Crippen LogP contribution in [-0.2, 0) is 6.42 Å². The lowest BCUT2D eigenvalue weighted by Crippen LogP contribution is -2.09. The molecule has 5 heteroatoms. The monoisotopic (exact) mass is 287 g/mol. The van der Waals surface area contributed by atoms with Crippen LogP contribution in [0.15, 0.2) is 48.5 Å². The maximum absolute atomic E-state index is 10.5. The SMILES string of the molecule is CCc1cccc(OCCOc2ccc([N+](=O)[O-])cc2)c1. The number of hydrogen-bond acceptors (Lipinski definition) is 4. The van der Waals surface area contributed by atoms with Gasteiger partial charge in [-0.2, -0.15) is 0 Å². The Hall–Kier alpha value is -2.56. The Morgan fingerprint density at radius 2 is 1.67 bits per heavy atom. The number of rotatable bonds is 7. The highest BCUT2D eigenvalue weighted by Gasteiger charge is 2.04. The summed E-state index contributed by atoms with van der Waals surface area (Å²) in [4.78, 5) is 10.1. The Bertz CT molecular complexity index is 595. The molecule has 0 saturated carbocycles. The van der Waals surface area contributed by atoms with Gasteiger partial charge < -0.3 is 9.47 Å². The zero-order valence-electron chi connectivity index (χ0n) is 11.8. The van der Waals surface area contributed by atoms with E-state index in [1.807, 2.05) is 18.2 Å². The van der Waals surface area contributed by atoms with Crippen LogP contribution in [0.2, 0.25) is 0 Å². The summed E-state index contributed by atoms with van der Waals surface area (Å²) < 4.78 is 11.1. The van der Waals surface area contributed by atoms with Gasteiger partial charge in [-0.15, -0.1) is 0 Å². The summed E-state index contributed by atoms with van der Waals surface area (Å²) in [7, 11) is 0. The first-order valence-corrected chi connectivity index (χ1v) is 6.78. The van der Waals surface area contributed by atoms with E-state index in [-0.39, 0.29) is 5.69 Å². The van der Waals surface area contributed by atoms with Crippen LogP contribution in [-0.4, -0.2) is 18.1 Å². The van der Waals surface area contributed by atoms with Crippen LogP contribution >= 0.6 is 0 Å². The molecule has 0 unspecified atom stereocenters.